The van der Waals surface area contributed by atoms with Crippen LogP contribution in [0.4, 0.5) is 5.95 Å². The number of nitrogens with zero attached hydrogens (tertiary/aromatic N) is 2. The van der Waals surface area contributed by atoms with Gasteiger partial charge in [0.15, 0.2) is 0 Å². The van der Waals surface area contributed by atoms with Crippen LogP contribution in [0.5, 0.6) is 0 Å². The van der Waals surface area contributed by atoms with Gasteiger partial charge in [-0.05, 0) is 38.1 Å². The topological polar surface area (TPSA) is 82.7 Å². The first-order valence-corrected chi connectivity index (χ1v) is 8.71. The predicted molar refractivity (Wildman–Crippen MR) is 107 cm³/mol. The molecule has 4 rings (SSSR count). The number of fused-ring (bicyclic) bond motifs is 1. The predicted octanol–water partition coefficient (Wildman–Crippen LogP) is 3.22. The van der Waals surface area contributed by atoms with E-state index in [-0.39, 0.29) is 18.0 Å². The highest BCUT2D eigenvalue weighted by atomic mass is 35.5. The van der Waals surface area contributed by atoms with Crippen molar-refractivity contribution in [3.05, 3.63) is 51.9 Å². The Morgan fingerprint density at radius 3 is 2.69 bits per heavy atom. The fourth-order valence-corrected chi connectivity index (χ4v) is 3.33. The van der Waals surface area contributed by atoms with Crippen molar-refractivity contribution in [3.8, 4) is 11.1 Å². The van der Waals surface area contributed by atoms with Gasteiger partial charge in [0.05, 0.1) is 0 Å². The van der Waals surface area contributed by atoms with Crippen molar-refractivity contribution < 1.29 is 0 Å². The first-order valence-electron chi connectivity index (χ1n) is 8.33. The average Bonchev–Trinajstić information content (AvgIpc) is 2.63. The second kappa shape index (κ2) is 8.03. The Kier molecular flexibility index (Phi) is 5.76. The highest BCUT2D eigenvalue weighted by Gasteiger charge is 2.15. The smallest absolute Gasteiger partial charge is 0.257 e. The highest BCUT2D eigenvalue weighted by molar-refractivity contribution is 6.33. The second-order valence-corrected chi connectivity index (χ2v) is 6.57. The molecule has 8 heteroatoms. The lowest BCUT2D eigenvalue weighted by atomic mass is 10.1. The van der Waals surface area contributed by atoms with Gasteiger partial charge < -0.3 is 15.6 Å². The Morgan fingerprint density at radius 2 is 1.92 bits per heavy atom. The first kappa shape index (κ1) is 18.6. The van der Waals surface area contributed by atoms with E-state index < -0.39 is 0 Å². The van der Waals surface area contributed by atoms with Crippen molar-refractivity contribution in [2.24, 2.45) is 0 Å². The van der Waals surface area contributed by atoms with Crippen molar-refractivity contribution in [2.45, 2.75) is 18.9 Å². The molecule has 0 bridgehead atoms. The fraction of sp³-hybridized carbons (Fsp3) is 0.278. The molecule has 1 saturated heterocycles. The number of piperidine rings is 1. The molecule has 6 nitrogen and oxygen atoms in total. The van der Waals surface area contributed by atoms with Crippen LogP contribution in [0.3, 0.4) is 0 Å². The number of hydrogen-bond acceptors (Lipinski definition) is 5. The molecular weight excluding hydrogens is 373 g/mol. The molecule has 1 aliphatic heterocycles. The molecule has 0 radical (unpaired) electrons. The van der Waals surface area contributed by atoms with Crippen LogP contribution in [-0.4, -0.2) is 34.1 Å². The van der Waals surface area contributed by atoms with E-state index in [0.717, 1.165) is 31.3 Å². The number of benzene rings is 1. The van der Waals surface area contributed by atoms with E-state index in [1.165, 1.54) is 0 Å². The van der Waals surface area contributed by atoms with Crippen LogP contribution >= 0.6 is 24.0 Å². The largest absolute Gasteiger partial charge is 0.351 e. The van der Waals surface area contributed by atoms with Gasteiger partial charge in [0, 0.05) is 33.8 Å². The van der Waals surface area contributed by atoms with Gasteiger partial charge in [-0.1, -0.05) is 29.8 Å². The SMILES string of the molecule is Cl.O=c1[nH]c2nc(NC3CCNCC3)ncc2cc1-c1ccccc1Cl. The number of aromatic amines is 1. The highest BCUT2D eigenvalue weighted by Crippen LogP contribution is 2.26. The third-order valence-electron chi connectivity index (χ3n) is 4.43. The number of H-pyrrole nitrogens is 1. The number of anilines is 1. The molecule has 3 N–H and O–H groups in total. The number of rotatable bonds is 3. The average molecular weight is 392 g/mol. The molecule has 26 heavy (non-hydrogen) atoms. The summed E-state index contributed by atoms with van der Waals surface area (Å²) in [6, 6.07) is 9.42. The summed E-state index contributed by atoms with van der Waals surface area (Å²) in [5, 5.41) is 7.98. The lowest BCUT2D eigenvalue weighted by Gasteiger charge is -2.23. The van der Waals surface area contributed by atoms with Crippen molar-refractivity contribution in [1.82, 2.24) is 20.3 Å². The minimum Gasteiger partial charge on any atom is -0.351 e. The third-order valence-corrected chi connectivity index (χ3v) is 4.76. The van der Waals surface area contributed by atoms with Crippen molar-refractivity contribution in [2.75, 3.05) is 18.4 Å². The Labute approximate surface area is 161 Å². The summed E-state index contributed by atoms with van der Waals surface area (Å²) >= 11 is 6.22. The van der Waals surface area contributed by atoms with Gasteiger partial charge in [-0.2, -0.15) is 4.98 Å². The lowest BCUT2D eigenvalue weighted by molar-refractivity contribution is 0.477. The summed E-state index contributed by atoms with van der Waals surface area (Å²) in [5.41, 5.74) is 1.52. The van der Waals surface area contributed by atoms with E-state index >= 15 is 0 Å². The normalized spacial score (nSPS) is 14.8. The first-order chi connectivity index (χ1) is 12.2. The number of hydrogen-bond donors (Lipinski definition) is 3. The molecule has 0 saturated carbocycles. The Morgan fingerprint density at radius 1 is 1.15 bits per heavy atom. The molecule has 0 unspecified atom stereocenters. The van der Waals surface area contributed by atoms with E-state index in [1.807, 2.05) is 18.2 Å². The molecule has 3 aromatic rings. The number of nitrogens with one attached hydrogen (secondary N) is 3. The van der Waals surface area contributed by atoms with E-state index in [0.29, 0.717) is 33.8 Å². The van der Waals surface area contributed by atoms with Crippen LogP contribution in [-0.2, 0) is 0 Å². The standard InChI is InChI=1S/C18H18ClN5O.ClH/c19-15-4-2-1-3-13(15)14-9-11-10-21-18(24-16(11)23-17(14)25)22-12-5-7-20-8-6-12;/h1-4,9-10,12,20H,5-8H2,(H2,21,22,23,24,25);1H. The van der Waals surface area contributed by atoms with Crippen molar-refractivity contribution in [1.29, 1.82) is 0 Å². The molecule has 136 valence electrons. The molecule has 0 amide bonds. The van der Waals surface area contributed by atoms with E-state index in [1.54, 1.807) is 18.3 Å². The summed E-state index contributed by atoms with van der Waals surface area (Å²) < 4.78 is 0. The van der Waals surface area contributed by atoms with E-state index in [4.69, 9.17) is 11.6 Å². The van der Waals surface area contributed by atoms with E-state index in [9.17, 15) is 4.79 Å². The Hall–Kier alpha value is -2.15. The van der Waals surface area contributed by atoms with Gasteiger partial charge in [0.1, 0.15) is 5.65 Å². The van der Waals surface area contributed by atoms with Crippen LogP contribution in [0.15, 0.2) is 41.3 Å². The fourth-order valence-electron chi connectivity index (χ4n) is 3.09. The molecule has 0 aliphatic carbocycles. The number of halogens is 2. The third kappa shape index (κ3) is 3.82. The summed E-state index contributed by atoms with van der Waals surface area (Å²) in [4.78, 5) is 24.2. The van der Waals surface area contributed by atoms with Crippen LogP contribution in [0.2, 0.25) is 5.02 Å². The molecule has 0 spiro atoms. The quantitative estimate of drug-likeness (QED) is 0.638. The monoisotopic (exact) mass is 391 g/mol. The van der Waals surface area contributed by atoms with Gasteiger partial charge in [-0.25, -0.2) is 4.98 Å². The zero-order chi connectivity index (χ0) is 17.2. The summed E-state index contributed by atoms with van der Waals surface area (Å²) in [5.74, 6) is 0.542. The summed E-state index contributed by atoms with van der Waals surface area (Å²) in [7, 11) is 0. The zero-order valence-electron chi connectivity index (χ0n) is 14.0. The zero-order valence-corrected chi connectivity index (χ0v) is 15.5. The lowest BCUT2D eigenvalue weighted by Crippen LogP contribution is -2.35. The van der Waals surface area contributed by atoms with Gasteiger partial charge in [-0.15, -0.1) is 12.4 Å². The van der Waals surface area contributed by atoms with Gasteiger partial charge in [-0.3, -0.25) is 4.79 Å². The Balaban J connectivity index is 0.00000196. The molecule has 2 aromatic heterocycles. The van der Waals surface area contributed by atoms with Gasteiger partial charge >= 0.3 is 0 Å². The van der Waals surface area contributed by atoms with Crippen LogP contribution in [0.1, 0.15) is 12.8 Å². The van der Waals surface area contributed by atoms with E-state index in [2.05, 4.69) is 25.6 Å². The minimum atomic E-state index is -0.216. The van der Waals surface area contributed by atoms with Crippen molar-refractivity contribution >= 4 is 41.0 Å². The maximum atomic E-state index is 12.5. The second-order valence-electron chi connectivity index (χ2n) is 6.16. The maximum absolute atomic E-state index is 12.5. The maximum Gasteiger partial charge on any atom is 0.257 e. The Bertz CT molecular complexity index is 969. The number of pyridine rings is 1. The van der Waals surface area contributed by atoms with Gasteiger partial charge in [0.25, 0.3) is 5.56 Å². The molecule has 0 atom stereocenters. The van der Waals surface area contributed by atoms with Gasteiger partial charge in [0.2, 0.25) is 5.95 Å². The van der Waals surface area contributed by atoms with Crippen molar-refractivity contribution in [3.63, 3.8) is 0 Å². The molecule has 1 aromatic carbocycles. The molecule has 1 aliphatic rings. The summed E-state index contributed by atoms with van der Waals surface area (Å²) in [6.45, 7) is 1.98. The van der Waals surface area contributed by atoms with Crippen LogP contribution < -0.4 is 16.2 Å². The number of aromatic nitrogens is 3. The molecule has 1 fully saturated rings. The van der Waals surface area contributed by atoms with Crippen LogP contribution in [0, 0.1) is 0 Å². The van der Waals surface area contributed by atoms with Crippen LogP contribution in [0.25, 0.3) is 22.2 Å². The molecular formula is C18H19Cl2N5O. The minimum absolute atomic E-state index is 0. The summed E-state index contributed by atoms with van der Waals surface area (Å²) in [6.07, 6.45) is 3.79. The molecule has 3 heterocycles.